The summed E-state index contributed by atoms with van der Waals surface area (Å²) in [6.45, 7) is 3.58. The van der Waals surface area contributed by atoms with E-state index in [2.05, 4.69) is 6.07 Å². The van der Waals surface area contributed by atoms with Crippen LogP contribution < -0.4 is 4.74 Å². The Morgan fingerprint density at radius 1 is 1.48 bits per heavy atom. The first-order valence-electron chi connectivity index (χ1n) is 7.70. The summed E-state index contributed by atoms with van der Waals surface area (Å²) in [6.07, 6.45) is 2.75. The quantitative estimate of drug-likeness (QED) is 0.740. The summed E-state index contributed by atoms with van der Waals surface area (Å²) in [5, 5.41) is 10.2. The Kier molecular flexibility index (Phi) is 6.15. The van der Waals surface area contributed by atoms with Gasteiger partial charge in [0.25, 0.3) is 0 Å². The van der Waals surface area contributed by atoms with Gasteiger partial charge in [-0.1, -0.05) is 23.2 Å². The zero-order valence-electron chi connectivity index (χ0n) is 13.1. The van der Waals surface area contributed by atoms with Crippen LogP contribution in [0.5, 0.6) is 5.75 Å². The first kappa shape index (κ1) is 17.9. The molecule has 0 unspecified atom stereocenters. The number of benzene rings is 1. The summed E-state index contributed by atoms with van der Waals surface area (Å²) in [7, 11) is 0. The minimum absolute atomic E-state index is 0.0805. The van der Waals surface area contributed by atoms with E-state index in [1.807, 2.05) is 6.92 Å². The van der Waals surface area contributed by atoms with Gasteiger partial charge >= 0.3 is 0 Å². The summed E-state index contributed by atoms with van der Waals surface area (Å²) in [4.78, 5) is 14.0. The first-order valence-corrected chi connectivity index (χ1v) is 8.46. The summed E-state index contributed by atoms with van der Waals surface area (Å²) in [6, 6.07) is 7.38. The summed E-state index contributed by atoms with van der Waals surface area (Å²) in [5.74, 6) is 0.649. The van der Waals surface area contributed by atoms with Crippen molar-refractivity contribution in [2.24, 2.45) is 5.41 Å². The highest BCUT2D eigenvalue weighted by molar-refractivity contribution is 6.35. The smallest absolute Gasteiger partial charge is 0.222 e. The summed E-state index contributed by atoms with van der Waals surface area (Å²) in [5.41, 5.74) is -0.415. The van der Waals surface area contributed by atoms with Crippen molar-refractivity contribution in [2.45, 2.75) is 32.6 Å². The molecule has 0 radical (unpaired) electrons. The van der Waals surface area contributed by atoms with E-state index in [-0.39, 0.29) is 5.91 Å². The molecule has 0 saturated carbocycles. The summed E-state index contributed by atoms with van der Waals surface area (Å²) < 4.78 is 5.58. The number of carbonyl (C=O) groups is 1. The van der Waals surface area contributed by atoms with E-state index in [0.717, 1.165) is 19.4 Å². The van der Waals surface area contributed by atoms with Crippen LogP contribution in [0.15, 0.2) is 18.2 Å². The van der Waals surface area contributed by atoms with Gasteiger partial charge < -0.3 is 9.64 Å². The van der Waals surface area contributed by atoms with Crippen LogP contribution in [0.3, 0.4) is 0 Å². The molecule has 1 aromatic rings. The number of amides is 1. The van der Waals surface area contributed by atoms with E-state index in [4.69, 9.17) is 27.9 Å². The minimum Gasteiger partial charge on any atom is -0.492 e. The molecule has 1 aliphatic heterocycles. The van der Waals surface area contributed by atoms with Gasteiger partial charge in [0, 0.05) is 24.5 Å². The van der Waals surface area contributed by atoms with Gasteiger partial charge in [-0.15, -0.1) is 0 Å². The molecule has 0 aliphatic carbocycles. The molecule has 1 saturated heterocycles. The molecule has 0 bridgehead atoms. The number of rotatable bonds is 5. The van der Waals surface area contributed by atoms with Crippen molar-refractivity contribution < 1.29 is 9.53 Å². The summed E-state index contributed by atoms with van der Waals surface area (Å²) >= 11 is 11.9. The fourth-order valence-corrected chi connectivity index (χ4v) is 3.16. The number of nitrogens with zero attached hydrogens (tertiary/aromatic N) is 2. The number of piperidine rings is 1. The topological polar surface area (TPSA) is 53.3 Å². The van der Waals surface area contributed by atoms with Gasteiger partial charge in [0.15, 0.2) is 0 Å². The largest absolute Gasteiger partial charge is 0.492 e. The second-order valence-corrected chi connectivity index (χ2v) is 6.96. The maximum absolute atomic E-state index is 12.2. The van der Waals surface area contributed by atoms with Gasteiger partial charge in [-0.2, -0.15) is 5.26 Å². The van der Waals surface area contributed by atoms with Crippen molar-refractivity contribution in [3.05, 3.63) is 28.2 Å². The van der Waals surface area contributed by atoms with E-state index in [1.54, 1.807) is 23.1 Å². The molecular formula is C17H20Cl2N2O2. The van der Waals surface area contributed by atoms with Gasteiger partial charge in [-0.3, -0.25) is 4.79 Å². The maximum atomic E-state index is 12.2. The lowest BCUT2D eigenvalue weighted by molar-refractivity contribution is -0.133. The van der Waals surface area contributed by atoms with Crippen LogP contribution in [-0.2, 0) is 4.79 Å². The van der Waals surface area contributed by atoms with Crippen molar-refractivity contribution >= 4 is 29.1 Å². The number of ether oxygens (including phenoxy) is 1. The molecule has 124 valence electrons. The molecule has 0 aromatic heterocycles. The zero-order valence-corrected chi connectivity index (χ0v) is 14.7. The molecule has 1 heterocycles. The maximum Gasteiger partial charge on any atom is 0.222 e. The molecule has 4 nitrogen and oxygen atoms in total. The van der Waals surface area contributed by atoms with Gasteiger partial charge in [-0.05, 0) is 44.4 Å². The van der Waals surface area contributed by atoms with Crippen LogP contribution in [0.4, 0.5) is 0 Å². The number of carbonyl (C=O) groups excluding carboxylic acids is 1. The van der Waals surface area contributed by atoms with Crippen LogP contribution in [-0.4, -0.2) is 30.5 Å². The van der Waals surface area contributed by atoms with E-state index < -0.39 is 5.41 Å². The number of hydrogen-bond acceptors (Lipinski definition) is 3. The Bertz CT molecular complexity index is 615. The van der Waals surface area contributed by atoms with Crippen molar-refractivity contribution in [3.63, 3.8) is 0 Å². The molecule has 0 N–H and O–H groups in total. The van der Waals surface area contributed by atoms with Gasteiger partial charge in [0.05, 0.1) is 23.1 Å². The molecule has 6 heteroatoms. The molecule has 1 aliphatic rings. The van der Waals surface area contributed by atoms with Gasteiger partial charge in [-0.25, -0.2) is 0 Å². The predicted molar refractivity (Wildman–Crippen MR) is 90.7 cm³/mol. The number of likely N-dealkylation sites (tertiary alicyclic amines) is 1. The van der Waals surface area contributed by atoms with Gasteiger partial charge in [0.2, 0.25) is 5.91 Å². The predicted octanol–water partition coefficient (Wildman–Crippen LogP) is 4.30. The van der Waals surface area contributed by atoms with Crippen molar-refractivity contribution in [3.8, 4) is 11.8 Å². The van der Waals surface area contributed by atoms with Crippen molar-refractivity contribution in [1.29, 1.82) is 5.26 Å². The average Bonchev–Trinajstić information content (AvgIpc) is 2.53. The lowest BCUT2D eigenvalue weighted by Crippen LogP contribution is -2.44. The Morgan fingerprint density at radius 3 is 2.96 bits per heavy atom. The molecule has 1 amide bonds. The lowest BCUT2D eigenvalue weighted by Gasteiger charge is -2.36. The van der Waals surface area contributed by atoms with E-state index in [1.165, 1.54) is 0 Å². The Balaban J connectivity index is 1.76. The SMILES string of the molecule is C[C@]1(C#N)CCCN(C(=O)CCCOc2ccc(Cl)cc2Cl)C1. The fourth-order valence-electron chi connectivity index (χ4n) is 2.70. The van der Waals surface area contributed by atoms with Crippen molar-refractivity contribution in [2.75, 3.05) is 19.7 Å². The fraction of sp³-hybridized carbons (Fsp3) is 0.529. The highest BCUT2D eigenvalue weighted by Gasteiger charge is 2.32. The van der Waals surface area contributed by atoms with Crippen LogP contribution in [0, 0.1) is 16.7 Å². The zero-order chi connectivity index (χ0) is 16.9. The highest BCUT2D eigenvalue weighted by atomic mass is 35.5. The molecule has 2 rings (SSSR count). The molecule has 1 aromatic carbocycles. The third kappa shape index (κ3) is 5.02. The first-order chi connectivity index (χ1) is 10.9. The highest BCUT2D eigenvalue weighted by Crippen LogP contribution is 2.29. The van der Waals surface area contributed by atoms with Crippen LogP contribution in [0.25, 0.3) is 0 Å². The van der Waals surface area contributed by atoms with E-state index in [9.17, 15) is 10.1 Å². The van der Waals surface area contributed by atoms with E-state index >= 15 is 0 Å². The molecular weight excluding hydrogens is 335 g/mol. The monoisotopic (exact) mass is 354 g/mol. The molecule has 0 spiro atoms. The lowest BCUT2D eigenvalue weighted by atomic mass is 9.83. The average molecular weight is 355 g/mol. The number of nitriles is 1. The van der Waals surface area contributed by atoms with Crippen LogP contribution in [0.1, 0.15) is 32.6 Å². The Morgan fingerprint density at radius 2 is 2.26 bits per heavy atom. The standard InChI is InChI=1S/C17H20Cl2N2O2/c1-17(11-20)7-3-8-21(12-17)16(22)4-2-9-23-15-6-5-13(18)10-14(15)19/h5-6,10H,2-4,7-9,12H2,1H3/t17-/m1/s1. The molecule has 1 fully saturated rings. The second kappa shape index (κ2) is 7.90. The second-order valence-electron chi connectivity index (χ2n) is 6.12. The van der Waals surface area contributed by atoms with Gasteiger partial charge in [0.1, 0.15) is 5.75 Å². The van der Waals surface area contributed by atoms with Crippen molar-refractivity contribution in [1.82, 2.24) is 4.90 Å². The molecule has 1 atom stereocenters. The number of hydrogen-bond donors (Lipinski definition) is 0. The Labute approximate surface area is 146 Å². The van der Waals surface area contributed by atoms with Crippen LogP contribution in [0.2, 0.25) is 10.0 Å². The minimum atomic E-state index is -0.415. The third-order valence-electron chi connectivity index (χ3n) is 4.01. The normalized spacial score (nSPS) is 20.9. The van der Waals surface area contributed by atoms with E-state index in [0.29, 0.717) is 41.8 Å². The Hall–Kier alpha value is -1.44. The molecule has 23 heavy (non-hydrogen) atoms. The van der Waals surface area contributed by atoms with Crippen LogP contribution >= 0.6 is 23.2 Å². The number of halogens is 2. The third-order valence-corrected chi connectivity index (χ3v) is 4.54.